The second-order valence-corrected chi connectivity index (χ2v) is 11.2. The van der Waals surface area contributed by atoms with Crippen molar-refractivity contribution in [2.24, 2.45) is 0 Å². The molecule has 2 aliphatic heterocycles. The van der Waals surface area contributed by atoms with Crippen LogP contribution >= 0.6 is 0 Å². The molecule has 232 valence electrons. The highest BCUT2D eigenvalue weighted by molar-refractivity contribution is 5.87. The Balaban J connectivity index is 1.25. The van der Waals surface area contributed by atoms with Crippen LogP contribution in [0.15, 0.2) is 48.8 Å². The number of carbonyl (C=O) groups is 1. The summed E-state index contributed by atoms with van der Waals surface area (Å²) in [6.07, 6.45) is 5.27. The standard InChI is InChI=1S/C32H40N8O4/c1-42-25-18-24(19-26(43-2)29(25)44-3)34-30-28-31(40(21-33-28)17-16-39-13-7-10-27(39)41)37-32(36-30)35-23-11-14-38(15-12-23)20-22-8-5-4-6-9-22/h4-6,8-9,18-19,21,23H,7,10-17,20H2,1-3H3,(H2,34,35,36,37). The lowest BCUT2D eigenvalue weighted by Crippen LogP contribution is -2.39. The first kappa shape index (κ1) is 29.5. The quantitative estimate of drug-likeness (QED) is 0.244. The van der Waals surface area contributed by atoms with Crippen LogP contribution in [0.3, 0.4) is 0 Å². The maximum Gasteiger partial charge on any atom is 0.227 e. The van der Waals surface area contributed by atoms with Gasteiger partial charge in [-0.3, -0.25) is 9.69 Å². The third kappa shape index (κ3) is 6.49. The zero-order valence-electron chi connectivity index (χ0n) is 25.6. The Morgan fingerprint density at radius 3 is 2.34 bits per heavy atom. The maximum absolute atomic E-state index is 12.2. The minimum Gasteiger partial charge on any atom is -0.493 e. The molecule has 0 unspecified atom stereocenters. The lowest BCUT2D eigenvalue weighted by atomic mass is 10.0. The lowest BCUT2D eigenvalue weighted by molar-refractivity contribution is -0.127. The molecule has 2 N–H and O–H groups in total. The molecule has 0 atom stereocenters. The number of nitrogens with zero attached hydrogens (tertiary/aromatic N) is 6. The van der Waals surface area contributed by atoms with Crippen molar-refractivity contribution in [3.05, 3.63) is 54.4 Å². The Kier molecular flexibility index (Phi) is 8.96. The van der Waals surface area contributed by atoms with E-state index in [0.717, 1.165) is 45.4 Å². The number of rotatable bonds is 12. The number of methoxy groups -OCH3 is 3. The highest BCUT2D eigenvalue weighted by Gasteiger charge is 2.23. The van der Waals surface area contributed by atoms with E-state index in [1.165, 1.54) is 5.56 Å². The maximum atomic E-state index is 12.2. The highest BCUT2D eigenvalue weighted by atomic mass is 16.5. The Labute approximate surface area is 257 Å². The molecule has 0 bridgehead atoms. The van der Waals surface area contributed by atoms with Crippen molar-refractivity contribution in [3.8, 4) is 17.2 Å². The summed E-state index contributed by atoms with van der Waals surface area (Å²) in [4.78, 5) is 31.1. The summed E-state index contributed by atoms with van der Waals surface area (Å²) >= 11 is 0. The molecule has 2 saturated heterocycles. The van der Waals surface area contributed by atoms with Gasteiger partial charge in [-0.2, -0.15) is 9.97 Å². The summed E-state index contributed by atoms with van der Waals surface area (Å²) in [7, 11) is 4.75. The number of anilines is 3. The summed E-state index contributed by atoms with van der Waals surface area (Å²) < 4.78 is 18.6. The third-order valence-electron chi connectivity index (χ3n) is 8.34. The molecule has 6 rings (SSSR count). The first-order valence-corrected chi connectivity index (χ1v) is 15.1. The predicted octanol–water partition coefficient (Wildman–Crippen LogP) is 4.29. The average molecular weight is 601 g/mol. The summed E-state index contributed by atoms with van der Waals surface area (Å²) in [6.45, 7) is 4.95. The topological polar surface area (TPSA) is 119 Å². The number of hydrogen-bond donors (Lipinski definition) is 2. The van der Waals surface area contributed by atoms with Crippen molar-refractivity contribution in [1.29, 1.82) is 0 Å². The Bertz CT molecular complexity index is 1560. The monoisotopic (exact) mass is 600 g/mol. The second kappa shape index (κ2) is 13.4. The van der Waals surface area contributed by atoms with Crippen molar-refractivity contribution in [2.75, 3.05) is 58.1 Å². The number of fused-ring (bicyclic) bond motifs is 1. The van der Waals surface area contributed by atoms with Crippen molar-refractivity contribution >= 4 is 34.5 Å². The molecule has 0 saturated carbocycles. The smallest absolute Gasteiger partial charge is 0.227 e. The normalized spacial score (nSPS) is 16.0. The number of hydrogen-bond acceptors (Lipinski definition) is 10. The SMILES string of the molecule is COc1cc(Nc2nc(NC3CCN(Cc4ccccc4)CC3)nc3c2ncn3CCN2CCCC2=O)cc(OC)c1OC. The molecule has 12 nitrogen and oxygen atoms in total. The molecule has 1 amide bonds. The summed E-state index contributed by atoms with van der Waals surface area (Å²) in [5.41, 5.74) is 3.37. The number of likely N-dealkylation sites (tertiary alicyclic amines) is 2. The highest BCUT2D eigenvalue weighted by Crippen LogP contribution is 2.41. The van der Waals surface area contributed by atoms with Crippen LogP contribution < -0.4 is 24.8 Å². The zero-order chi connectivity index (χ0) is 30.5. The van der Waals surface area contributed by atoms with Crippen LogP contribution in [0, 0.1) is 0 Å². The van der Waals surface area contributed by atoms with Crippen LogP contribution in [-0.2, 0) is 17.9 Å². The van der Waals surface area contributed by atoms with Crippen LogP contribution in [0.5, 0.6) is 17.2 Å². The van der Waals surface area contributed by atoms with Gasteiger partial charge in [0.25, 0.3) is 0 Å². The molecule has 2 aliphatic rings. The first-order valence-electron chi connectivity index (χ1n) is 15.1. The number of nitrogens with one attached hydrogen (secondary N) is 2. The van der Waals surface area contributed by atoms with E-state index < -0.39 is 0 Å². The van der Waals surface area contributed by atoms with Crippen LogP contribution in [0.1, 0.15) is 31.2 Å². The molecule has 2 fully saturated rings. The van der Waals surface area contributed by atoms with Crippen molar-refractivity contribution in [1.82, 2.24) is 29.3 Å². The molecule has 2 aromatic heterocycles. The fourth-order valence-corrected chi connectivity index (χ4v) is 5.98. The van der Waals surface area contributed by atoms with Gasteiger partial charge in [0.2, 0.25) is 17.6 Å². The molecular formula is C32H40N8O4. The van der Waals surface area contributed by atoms with E-state index in [1.54, 1.807) is 27.7 Å². The average Bonchev–Trinajstić information content (AvgIpc) is 3.66. The van der Waals surface area contributed by atoms with Crippen LogP contribution in [0.2, 0.25) is 0 Å². The van der Waals surface area contributed by atoms with Gasteiger partial charge in [0.1, 0.15) is 0 Å². The van der Waals surface area contributed by atoms with E-state index in [1.807, 2.05) is 21.6 Å². The molecule has 12 heteroatoms. The number of piperidine rings is 1. The van der Waals surface area contributed by atoms with Gasteiger partial charge in [0.05, 0.1) is 27.7 Å². The summed E-state index contributed by atoms with van der Waals surface area (Å²) in [6, 6.07) is 14.5. The molecule has 2 aromatic carbocycles. The van der Waals surface area contributed by atoms with Crippen molar-refractivity contribution in [3.63, 3.8) is 0 Å². The second-order valence-electron chi connectivity index (χ2n) is 11.2. The Morgan fingerprint density at radius 2 is 1.68 bits per heavy atom. The van der Waals surface area contributed by atoms with E-state index in [2.05, 4.69) is 50.8 Å². The molecule has 4 aromatic rings. The summed E-state index contributed by atoms with van der Waals surface area (Å²) in [5.74, 6) is 2.87. The van der Waals surface area contributed by atoms with Gasteiger partial charge in [0.15, 0.2) is 28.5 Å². The van der Waals surface area contributed by atoms with E-state index in [-0.39, 0.29) is 11.9 Å². The van der Waals surface area contributed by atoms with Gasteiger partial charge >= 0.3 is 0 Å². The largest absolute Gasteiger partial charge is 0.493 e. The number of carbonyl (C=O) groups excluding carboxylic acids is 1. The van der Waals surface area contributed by atoms with Gasteiger partial charge in [-0.15, -0.1) is 0 Å². The predicted molar refractivity (Wildman–Crippen MR) is 169 cm³/mol. The van der Waals surface area contributed by atoms with Crippen LogP contribution in [-0.4, -0.2) is 88.8 Å². The Morgan fingerprint density at radius 1 is 0.932 bits per heavy atom. The van der Waals surface area contributed by atoms with E-state index in [0.29, 0.717) is 65.4 Å². The van der Waals surface area contributed by atoms with Crippen LogP contribution in [0.4, 0.5) is 17.5 Å². The molecule has 44 heavy (non-hydrogen) atoms. The fraction of sp³-hybridized carbons (Fsp3) is 0.438. The number of benzene rings is 2. The molecule has 0 aliphatic carbocycles. The van der Waals surface area contributed by atoms with Crippen LogP contribution in [0.25, 0.3) is 11.2 Å². The third-order valence-corrected chi connectivity index (χ3v) is 8.34. The molecular weight excluding hydrogens is 560 g/mol. The van der Waals surface area contributed by atoms with Crippen molar-refractivity contribution < 1.29 is 19.0 Å². The summed E-state index contributed by atoms with van der Waals surface area (Å²) in [5, 5.41) is 7.03. The molecule has 4 heterocycles. The number of ether oxygens (including phenoxy) is 3. The lowest BCUT2D eigenvalue weighted by Gasteiger charge is -2.32. The minimum atomic E-state index is 0.203. The van der Waals surface area contributed by atoms with Gasteiger partial charge in [-0.1, -0.05) is 30.3 Å². The number of aromatic nitrogens is 4. The molecule has 0 radical (unpaired) electrons. The van der Waals surface area contributed by atoms with E-state index >= 15 is 0 Å². The van der Waals surface area contributed by atoms with Gasteiger partial charge in [-0.05, 0) is 24.8 Å². The van der Waals surface area contributed by atoms with Gasteiger partial charge in [0, 0.05) is 69.6 Å². The number of imidazole rings is 1. The fourth-order valence-electron chi connectivity index (χ4n) is 5.98. The minimum absolute atomic E-state index is 0.203. The van der Waals surface area contributed by atoms with E-state index in [4.69, 9.17) is 24.2 Å². The van der Waals surface area contributed by atoms with Gasteiger partial charge in [-0.25, -0.2) is 4.98 Å². The molecule has 0 spiro atoms. The number of amides is 1. The Hall–Kier alpha value is -4.58. The zero-order valence-corrected chi connectivity index (χ0v) is 25.6. The van der Waals surface area contributed by atoms with Gasteiger partial charge < -0.3 is 34.3 Å². The van der Waals surface area contributed by atoms with Crippen molar-refractivity contribution in [2.45, 2.75) is 44.8 Å². The van der Waals surface area contributed by atoms with E-state index in [9.17, 15) is 4.79 Å². The first-order chi connectivity index (χ1) is 21.5.